The monoisotopic (exact) mass is 294 g/mol. The van der Waals surface area contributed by atoms with Crippen LogP contribution in [0.1, 0.15) is 36.1 Å². The van der Waals surface area contributed by atoms with Gasteiger partial charge in [-0.15, -0.1) is 22.6 Å². The molecule has 2 aliphatic heterocycles. The number of aromatic nitrogens is 3. The van der Waals surface area contributed by atoms with Crippen LogP contribution in [0.2, 0.25) is 0 Å². The van der Waals surface area contributed by atoms with Gasteiger partial charge in [0.2, 0.25) is 0 Å². The average molecular weight is 295 g/mol. The summed E-state index contributed by atoms with van der Waals surface area (Å²) < 4.78 is 15.5. The molecule has 0 aliphatic carbocycles. The van der Waals surface area contributed by atoms with Gasteiger partial charge in [-0.3, -0.25) is 4.57 Å². The largest absolute Gasteiger partial charge is 0.307 e. The quantitative estimate of drug-likeness (QED) is 0.878. The third-order valence-electron chi connectivity index (χ3n) is 4.03. The first-order chi connectivity index (χ1) is 9.33. The summed E-state index contributed by atoms with van der Waals surface area (Å²) in [6, 6.07) is 5.26. The summed E-state index contributed by atoms with van der Waals surface area (Å²) in [5.74, 6) is 1.79. The van der Waals surface area contributed by atoms with Crippen LogP contribution in [0.3, 0.4) is 0 Å². The van der Waals surface area contributed by atoms with Crippen LogP contribution in [0.4, 0.5) is 4.39 Å². The highest BCUT2D eigenvalue weighted by Gasteiger charge is 2.27. The molecule has 0 saturated carbocycles. The van der Waals surface area contributed by atoms with Gasteiger partial charge in [-0.2, -0.15) is 0 Å². The third kappa shape index (κ3) is 2.01. The zero-order valence-corrected chi connectivity index (χ0v) is 11.8. The number of nitrogens with zero attached hydrogens (tertiary/aromatic N) is 3. The topological polar surface area (TPSA) is 42.7 Å². The van der Waals surface area contributed by atoms with E-state index < -0.39 is 0 Å². The predicted octanol–water partition coefficient (Wildman–Crippen LogP) is 2.35. The molecule has 0 amide bonds. The summed E-state index contributed by atoms with van der Waals surface area (Å²) in [5.41, 5.74) is 2.09. The number of hydrogen-bond acceptors (Lipinski definition) is 3. The second-order valence-electron chi connectivity index (χ2n) is 5.23. The van der Waals surface area contributed by atoms with E-state index in [4.69, 9.17) is 0 Å². The van der Waals surface area contributed by atoms with Crippen molar-refractivity contribution in [3.8, 4) is 5.69 Å². The van der Waals surface area contributed by atoms with E-state index in [0.717, 1.165) is 48.7 Å². The molecular weight excluding hydrogens is 279 g/mol. The van der Waals surface area contributed by atoms with Crippen molar-refractivity contribution in [1.82, 2.24) is 20.1 Å². The zero-order chi connectivity index (χ0) is 12.8. The van der Waals surface area contributed by atoms with E-state index in [0.29, 0.717) is 0 Å². The van der Waals surface area contributed by atoms with E-state index in [1.54, 1.807) is 6.07 Å². The molecule has 2 aromatic rings. The number of nitrogens with one attached hydrogen (secondary N) is 1. The highest BCUT2D eigenvalue weighted by molar-refractivity contribution is 5.85. The summed E-state index contributed by atoms with van der Waals surface area (Å²) >= 11 is 0. The molecule has 0 radical (unpaired) electrons. The summed E-state index contributed by atoms with van der Waals surface area (Å²) in [6.07, 6.45) is 3.93. The normalized spacial score (nSPS) is 20.1. The van der Waals surface area contributed by atoms with E-state index in [2.05, 4.69) is 20.1 Å². The Balaban J connectivity index is 0.00000121. The standard InChI is InChI=1S/C14H15FN4.ClH/c15-10-4-5-12-9(8-10)3-6-13-17-18-14(19(12)13)11-2-1-7-16-11;/h4-5,8,11,16H,1-3,6-7H2;1H/t11-;/m0./s1. The van der Waals surface area contributed by atoms with Crippen LogP contribution in [-0.4, -0.2) is 21.3 Å². The van der Waals surface area contributed by atoms with E-state index in [1.165, 1.54) is 12.5 Å². The molecule has 0 unspecified atom stereocenters. The molecule has 20 heavy (non-hydrogen) atoms. The zero-order valence-electron chi connectivity index (χ0n) is 11.0. The van der Waals surface area contributed by atoms with Gasteiger partial charge in [0.1, 0.15) is 11.6 Å². The molecule has 1 aromatic carbocycles. The van der Waals surface area contributed by atoms with Gasteiger partial charge in [0, 0.05) is 6.42 Å². The lowest BCUT2D eigenvalue weighted by molar-refractivity contribution is 0.583. The van der Waals surface area contributed by atoms with Crippen molar-refractivity contribution in [3.63, 3.8) is 0 Å². The molecule has 1 N–H and O–H groups in total. The Labute approximate surface area is 122 Å². The van der Waals surface area contributed by atoms with E-state index in [9.17, 15) is 4.39 Å². The molecule has 3 heterocycles. The molecule has 1 fully saturated rings. The Kier molecular flexibility index (Phi) is 3.48. The number of benzene rings is 1. The van der Waals surface area contributed by atoms with Crippen LogP contribution in [-0.2, 0) is 12.8 Å². The first kappa shape index (κ1) is 13.5. The lowest BCUT2D eigenvalue weighted by Crippen LogP contribution is -2.21. The summed E-state index contributed by atoms with van der Waals surface area (Å²) in [6.45, 7) is 1.03. The molecule has 2 aliphatic rings. The van der Waals surface area contributed by atoms with Gasteiger partial charge < -0.3 is 5.32 Å². The molecule has 6 heteroatoms. The van der Waals surface area contributed by atoms with Crippen molar-refractivity contribution in [2.75, 3.05) is 6.54 Å². The number of fused-ring (bicyclic) bond motifs is 3. The Morgan fingerprint density at radius 3 is 2.95 bits per heavy atom. The molecular formula is C14H16ClFN4. The van der Waals surface area contributed by atoms with Gasteiger partial charge in [-0.05, 0) is 49.6 Å². The minimum atomic E-state index is -0.171. The predicted molar refractivity (Wildman–Crippen MR) is 76.0 cm³/mol. The van der Waals surface area contributed by atoms with Gasteiger partial charge >= 0.3 is 0 Å². The fourth-order valence-corrected chi connectivity index (χ4v) is 3.10. The van der Waals surface area contributed by atoms with E-state index in [1.807, 2.05) is 6.07 Å². The van der Waals surface area contributed by atoms with Gasteiger partial charge in [0.05, 0.1) is 11.7 Å². The highest BCUT2D eigenvalue weighted by Crippen LogP contribution is 2.30. The summed E-state index contributed by atoms with van der Waals surface area (Å²) in [7, 11) is 0. The smallest absolute Gasteiger partial charge is 0.154 e. The highest BCUT2D eigenvalue weighted by atomic mass is 35.5. The van der Waals surface area contributed by atoms with Crippen molar-refractivity contribution in [2.24, 2.45) is 0 Å². The Hall–Kier alpha value is -1.46. The second kappa shape index (κ2) is 5.14. The first-order valence-corrected chi connectivity index (χ1v) is 6.79. The lowest BCUT2D eigenvalue weighted by atomic mass is 10.0. The van der Waals surface area contributed by atoms with Gasteiger partial charge in [-0.1, -0.05) is 0 Å². The Bertz CT molecular complexity index is 634. The van der Waals surface area contributed by atoms with E-state index in [-0.39, 0.29) is 24.3 Å². The minimum absolute atomic E-state index is 0. The van der Waals surface area contributed by atoms with Crippen LogP contribution >= 0.6 is 12.4 Å². The lowest BCUT2D eigenvalue weighted by Gasteiger charge is -2.21. The summed E-state index contributed by atoms with van der Waals surface area (Å²) in [5, 5.41) is 12.1. The molecule has 106 valence electrons. The van der Waals surface area contributed by atoms with Crippen molar-refractivity contribution >= 4 is 12.4 Å². The van der Waals surface area contributed by atoms with Crippen molar-refractivity contribution < 1.29 is 4.39 Å². The van der Waals surface area contributed by atoms with Crippen LogP contribution < -0.4 is 5.32 Å². The van der Waals surface area contributed by atoms with Crippen LogP contribution in [0, 0.1) is 5.82 Å². The fourth-order valence-electron chi connectivity index (χ4n) is 3.10. The van der Waals surface area contributed by atoms with Gasteiger partial charge in [0.25, 0.3) is 0 Å². The van der Waals surface area contributed by atoms with Crippen molar-refractivity contribution in [1.29, 1.82) is 0 Å². The van der Waals surface area contributed by atoms with Crippen LogP contribution in [0.25, 0.3) is 5.69 Å². The molecule has 0 bridgehead atoms. The molecule has 1 aromatic heterocycles. The maximum atomic E-state index is 13.3. The van der Waals surface area contributed by atoms with Gasteiger partial charge in [0.15, 0.2) is 5.82 Å². The average Bonchev–Trinajstić information content (AvgIpc) is 3.06. The maximum Gasteiger partial charge on any atom is 0.154 e. The molecule has 4 nitrogen and oxygen atoms in total. The first-order valence-electron chi connectivity index (χ1n) is 6.79. The number of hydrogen-bond donors (Lipinski definition) is 1. The SMILES string of the molecule is Cl.Fc1ccc2c(c1)CCc1nnc([C@@H]3CCCN3)n1-2. The summed E-state index contributed by atoms with van der Waals surface area (Å²) in [4.78, 5) is 0. The maximum absolute atomic E-state index is 13.3. The minimum Gasteiger partial charge on any atom is -0.307 e. The van der Waals surface area contributed by atoms with Crippen LogP contribution in [0.5, 0.6) is 0 Å². The van der Waals surface area contributed by atoms with E-state index >= 15 is 0 Å². The van der Waals surface area contributed by atoms with Gasteiger partial charge in [-0.25, -0.2) is 4.39 Å². The van der Waals surface area contributed by atoms with Crippen LogP contribution in [0.15, 0.2) is 18.2 Å². The van der Waals surface area contributed by atoms with Crippen molar-refractivity contribution in [3.05, 3.63) is 41.2 Å². The second-order valence-corrected chi connectivity index (χ2v) is 5.23. The molecule has 1 atom stereocenters. The van der Waals surface area contributed by atoms with Crippen molar-refractivity contribution in [2.45, 2.75) is 31.7 Å². The third-order valence-corrected chi connectivity index (χ3v) is 4.03. The molecule has 4 rings (SSSR count). The molecule has 0 spiro atoms. The Morgan fingerprint density at radius 2 is 2.15 bits per heavy atom. The number of rotatable bonds is 1. The fraction of sp³-hybridized carbons (Fsp3) is 0.429. The number of aryl methyl sites for hydroxylation is 2. The number of halogens is 2. The molecule has 1 saturated heterocycles. The Morgan fingerprint density at radius 1 is 1.25 bits per heavy atom.